The van der Waals surface area contributed by atoms with Crippen LogP contribution in [-0.2, 0) is 12.8 Å². The van der Waals surface area contributed by atoms with Gasteiger partial charge in [-0.25, -0.2) is 13.8 Å². The minimum atomic E-state index is -4.88. The van der Waals surface area contributed by atoms with E-state index in [0.717, 1.165) is 6.07 Å². The van der Waals surface area contributed by atoms with Crippen molar-refractivity contribution in [3.8, 4) is 0 Å². The molecule has 0 aliphatic carbocycles. The highest BCUT2D eigenvalue weighted by Gasteiger charge is 2.37. The molecule has 1 aromatic heterocycles. The molecule has 1 heterocycles. The first-order valence-electron chi connectivity index (χ1n) is 3.93. The van der Waals surface area contributed by atoms with Crippen molar-refractivity contribution in [1.82, 2.24) is 4.98 Å². The minimum absolute atomic E-state index is 0.243. The van der Waals surface area contributed by atoms with Crippen LogP contribution in [0.1, 0.15) is 23.4 Å². The van der Waals surface area contributed by atoms with Crippen LogP contribution < -0.4 is 0 Å². The lowest BCUT2D eigenvalue weighted by atomic mass is 10.1. The fourth-order valence-corrected chi connectivity index (χ4v) is 1.60. The normalized spacial score (nSPS) is 12.2. The van der Waals surface area contributed by atoms with Crippen LogP contribution in [0.3, 0.4) is 0 Å². The maximum Gasteiger partial charge on any atom is 0.433 e. The van der Waals surface area contributed by atoms with Gasteiger partial charge in [-0.1, -0.05) is 15.9 Å². The smallest absolute Gasteiger partial charge is 0.392 e. The molecular weight excluding hydrogens is 301 g/mol. The Bertz CT molecular complexity index is 393. The Kier molecular flexibility index (Phi) is 3.84. The van der Waals surface area contributed by atoms with E-state index in [1.54, 1.807) is 0 Å². The molecule has 0 spiro atoms. The third-order valence-corrected chi connectivity index (χ3v) is 2.45. The number of rotatable bonds is 2. The number of hydrogen-bond acceptors (Lipinski definition) is 2. The first kappa shape index (κ1) is 13.3. The molecule has 0 unspecified atom stereocenters. The highest BCUT2D eigenvalue weighted by Crippen LogP contribution is 2.35. The Morgan fingerprint density at radius 3 is 2.31 bits per heavy atom. The Labute approximate surface area is 95.2 Å². The van der Waals surface area contributed by atoms with E-state index in [1.807, 2.05) is 0 Å². The molecular formula is C8H5BrF5NO. The Balaban J connectivity index is 3.43. The van der Waals surface area contributed by atoms with Crippen molar-refractivity contribution >= 4 is 15.9 Å². The lowest BCUT2D eigenvalue weighted by molar-refractivity contribution is -0.142. The molecule has 1 N–H and O–H groups in total. The van der Waals surface area contributed by atoms with Gasteiger partial charge in [0.1, 0.15) is 5.69 Å². The van der Waals surface area contributed by atoms with Crippen LogP contribution in [0.4, 0.5) is 22.0 Å². The van der Waals surface area contributed by atoms with Gasteiger partial charge in [0.05, 0.1) is 6.61 Å². The molecule has 8 heteroatoms. The van der Waals surface area contributed by atoms with Gasteiger partial charge in [-0.2, -0.15) is 13.2 Å². The molecule has 90 valence electrons. The van der Waals surface area contributed by atoms with Crippen LogP contribution in [0.15, 0.2) is 10.5 Å². The van der Waals surface area contributed by atoms with E-state index in [1.165, 1.54) is 0 Å². The predicted molar refractivity (Wildman–Crippen MR) is 47.8 cm³/mol. The molecule has 0 fully saturated rings. The summed E-state index contributed by atoms with van der Waals surface area (Å²) in [5, 5.41) is 8.73. The first-order chi connectivity index (χ1) is 7.27. The van der Waals surface area contributed by atoms with Gasteiger partial charge >= 0.3 is 6.18 Å². The summed E-state index contributed by atoms with van der Waals surface area (Å²) in [4.78, 5) is 2.81. The molecule has 0 aliphatic heterocycles. The van der Waals surface area contributed by atoms with Gasteiger partial charge in [0.25, 0.3) is 6.43 Å². The largest absolute Gasteiger partial charge is 0.433 e. The van der Waals surface area contributed by atoms with E-state index in [2.05, 4.69) is 20.9 Å². The SMILES string of the molecule is OCc1c(Br)cc(C(F)F)nc1C(F)(F)F. The highest BCUT2D eigenvalue weighted by atomic mass is 79.9. The maximum atomic E-state index is 12.4. The van der Waals surface area contributed by atoms with Crippen molar-refractivity contribution in [2.24, 2.45) is 0 Å². The van der Waals surface area contributed by atoms with Crippen molar-refractivity contribution in [2.45, 2.75) is 19.2 Å². The number of halogens is 6. The van der Waals surface area contributed by atoms with Crippen molar-refractivity contribution in [3.63, 3.8) is 0 Å². The van der Waals surface area contributed by atoms with Gasteiger partial charge in [0.15, 0.2) is 5.69 Å². The van der Waals surface area contributed by atoms with Gasteiger partial charge < -0.3 is 5.11 Å². The Morgan fingerprint density at radius 1 is 1.38 bits per heavy atom. The monoisotopic (exact) mass is 305 g/mol. The maximum absolute atomic E-state index is 12.4. The predicted octanol–water partition coefficient (Wildman–Crippen LogP) is 3.29. The van der Waals surface area contributed by atoms with Gasteiger partial charge in [-0.3, -0.25) is 0 Å². The van der Waals surface area contributed by atoms with Gasteiger partial charge in [0, 0.05) is 10.0 Å². The van der Waals surface area contributed by atoms with E-state index < -0.39 is 36.2 Å². The number of hydrogen-bond donors (Lipinski definition) is 1. The molecule has 0 amide bonds. The minimum Gasteiger partial charge on any atom is -0.392 e. The molecule has 0 aromatic carbocycles. The number of nitrogens with zero attached hydrogens (tertiary/aromatic N) is 1. The van der Waals surface area contributed by atoms with Crippen molar-refractivity contribution in [3.05, 3.63) is 27.5 Å². The number of aliphatic hydroxyl groups is 1. The van der Waals surface area contributed by atoms with Gasteiger partial charge in [-0.05, 0) is 6.07 Å². The molecule has 1 aromatic rings. The van der Waals surface area contributed by atoms with Crippen LogP contribution in [0.2, 0.25) is 0 Å². The zero-order valence-corrected chi connectivity index (χ0v) is 9.11. The number of aromatic nitrogens is 1. The fourth-order valence-electron chi connectivity index (χ4n) is 1.06. The lowest BCUT2D eigenvalue weighted by Crippen LogP contribution is -2.14. The number of alkyl halides is 5. The van der Waals surface area contributed by atoms with Crippen molar-refractivity contribution in [1.29, 1.82) is 0 Å². The van der Waals surface area contributed by atoms with Crippen LogP contribution in [0.25, 0.3) is 0 Å². The Hall–Kier alpha value is -0.760. The standard InChI is InChI=1S/C8H5BrF5NO/c9-4-1-5(7(10)11)15-6(3(4)2-16)8(12,13)14/h1,7,16H,2H2. The van der Waals surface area contributed by atoms with Gasteiger partial charge in [-0.15, -0.1) is 0 Å². The lowest BCUT2D eigenvalue weighted by Gasteiger charge is -2.13. The summed E-state index contributed by atoms with van der Waals surface area (Å²) >= 11 is 2.69. The zero-order chi connectivity index (χ0) is 12.5. The van der Waals surface area contributed by atoms with Crippen molar-refractivity contribution in [2.75, 3.05) is 0 Å². The van der Waals surface area contributed by atoms with Crippen LogP contribution in [0.5, 0.6) is 0 Å². The summed E-state index contributed by atoms with van der Waals surface area (Å²) in [6.07, 6.45) is -7.99. The summed E-state index contributed by atoms with van der Waals surface area (Å²) in [6, 6.07) is 0.755. The van der Waals surface area contributed by atoms with Crippen molar-refractivity contribution < 1.29 is 27.1 Å². The highest BCUT2D eigenvalue weighted by molar-refractivity contribution is 9.10. The van der Waals surface area contributed by atoms with E-state index in [9.17, 15) is 22.0 Å². The summed E-state index contributed by atoms with van der Waals surface area (Å²) in [6.45, 7) is -0.939. The van der Waals surface area contributed by atoms with E-state index in [0.29, 0.717) is 0 Å². The fraction of sp³-hybridized carbons (Fsp3) is 0.375. The average Bonchev–Trinajstić information content (AvgIpc) is 2.14. The summed E-state index contributed by atoms with van der Waals surface area (Å²) in [5.74, 6) is 0. The Morgan fingerprint density at radius 2 is 1.94 bits per heavy atom. The molecule has 0 radical (unpaired) electrons. The molecule has 0 bridgehead atoms. The summed E-state index contributed by atoms with van der Waals surface area (Å²) in [7, 11) is 0. The first-order valence-corrected chi connectivity index (χ1v) is 4.72. The molecule has 16 heavy (non-hydrogen) atoms. The van der Waals surface area contributed by atoms with Crippen LogP contribution in [0, 0.1) is 0 Å². The molecule has 0 saturated heterocycles. The molecule has 1 rings (SSSR count). The second-order valence-corrected chi connectivity index (χ2v) is 3.67. The van der Waals surface area contributed by atoms with Gasteiger partial charge in [0.2, 0.25) is 0 Å². The third-order valence-electron chi connectivity index (χ3n) is 1.74. The topological polar surface area (TPSA) is 33.1 Å². The van der Waals surface area contributed by atoms with E-state index in [4.69, 9.17) is 5.11 Å². The third kappa shape index (κ3) is 2.67. The quantitative estimate of drug-likeness (QED) is 0.851. The summed E-state index contributed by atoms with van der Waals surface area (Å²) < 4.78 is 61.5. The van der Waals surface area contributed by atoms with E-state index >= 15 is 0 Å². The number of aliphatic hydroxyl groups excluding tert-OH is 1. The van der Waals surface area contributed by atoms with Crippen LogP contribution >= 0.6 is 15.9 Å². The summed E-state index contributed by atoms with van der Waals surface area (Å²) in [5.41, 5.74) is -3.05. The number of pyridine rings is 1. The second-order valence-electron chi connectivity index (χ2n) is 2.81. The average molecular weight is 306 g/mol. The second kappa shape index (κ2) is 4.62. The molecule has 0 saturated carbocycles. The molecule has 0 aliphatic rings. The molecule has 0 atom stereocenters. The zero-order valence-electron chi connectivity index (χ0n) is 7.52. The molecule has 2 nitrogen and oxygen atoms in total. The van der Waals surface area contributed by atoms with Crippen LogP contribution in [-0.4, -0.2) is 10.1 Å². The van der Waals surface area contributed by atoms with E-state index in [-0.39, 0.29) is 4.47 Å².